The highest BCUT2D eigenvalue weighted by molar-refractivity contribution is 5.83. The van der Waals surface area contributed by atoms with Gasteiger partial charge in [-0.05, 0) is 34.9 Å². The maximum Gasteiger partial charge on any atom is 0.292 e. The number of rotatable bonds is 6. The smallest absolute Gasteiger partial charge is 0.292 e. The summed E-state index contributed by atoms with van der Waals surface area (Å²) in [6.45, 7) is 3.42. The number of nitrogens with one attached hydrogen (secondary N) is 1. The van der Waals surface area contributed by atoms with Crippen molar-refractivity contribution in [3.8, 4) is 11.1 Å². The van der Waals surface area contributed by atoms with Crippen molar-refractivity contribution in [3.05, 3.63) is 88.6 Å². The molecule has 1 fully saturated rings. The molecule has 1 aliphatic rings. The van der Waals surface area contributed by atoms with E-state index in [1.165, 1.54) is 0 Å². The van der Waals surface area contributed by atoms with Gasteiger partial charge >= 0.3 is 0 Å². The molecule has 3 aromatic carbocycles. The third kappa shape index (κ3) is 4.61. The van der Waals surface area contributed by atoms with Gasteiger partial charge in [0.1, 0.15) is 11.5 Å². The van der Waals surface area contributed by atoms with Crippen molar-refractivity contribution in [2.24, 2.45) is 0 Å². The first-order valence-electron chi connectivity index (χ1n) is 10.8. The van der Waals surface area contributed by atoms with Crippen LogP contribution in [-0.4, -0.2) is 41.2 Å². The molecule has 8 nitrogen and oxygen atoms in total. The predicted molar refractivity (Wildman–Crippen MR) is 128 cm³/mol. The molecular weight excluding hydrogens is 418 g/mol. The number of nitro groups is 1. The quantitative estimate of drug-likeness (QED) is 0.344. The highest BCUT2D eigenvalue weighted by atomic mass is 16.6. The lowest BCUT2D eigenvalue weighted by Gasteiger charge is -2.27. The molecule has 33 heavy (non-hydrogen) atoms. The average molecular weight is 441 g/mol. The van der Waals surface area contributed by atoms with Gasteiger partial charge in [-0.25, -0.2) is 4.98 Å². The summed E-state index contributed by atoms with van der Waals surface area (Å²) < 4.78 is 5.42. The minimum absolute atomic E-state index is 0.0386. The topological polar surface area (TPSA) is 93.4 Å². The molecule has 1 N–H and O–H groups in total. The molecule has 0 unspecified atom stereocenters. The molecule has 4 aromatic rings. The molecular formula is C25H23N5O3. The summed E-state index contributed by atoms with van der Waals surface area (Å²) in [6.07, 6.45) is 1.78. The SMILES string of the molecule is O=[N+]([O-])c1cc(-c2ccc3ncc(N4CCOCC4)nc3c2)ccc1NCc1ccccc1. The van der Waals surface area contributed by atoms with Crippen LogP contribution in [0.3, 0.4) is 0 Å². The van der Waals surface area contributed by atoms with Crippen LogP contribution in [0.4, 0.5) is 17.2 Å². The van der Waals surface area contributed by atoms with Crippen molar-refractivity contribution >= 4 is 28.2 Å². The summed E-state index contributed by atoms with van der Waals surface area (Å²) in [5, 5.41) is 15.0. The molecule has 166 valence electrons. The van der Waals surface area contributed by atoms with Crippen molar-refractivity contribution in [2.45, 2.75) is 6.54 Å². The monoisotopic (exact) mass is 441 g/mol. The molecule has 0 spiro atoms. The Bertz CT molecular complexity index is 1290. The Labute approximate surface area is 191 Å². The zero-order chi connectivity index (χ0) is 22.6. The molecule has 1 aromatic heterocycles. The molecule has 1 aliphatic heterocycles. The summed E-state index contributed by atoms with van der Waals surface area (Å²) in [7, 11) is 0. The predicted octanol–water partition coefficient (Wildman–Crippen LogP) is 4.65. The second-order valence-corrected chi connectivity index (χ2v) is 7.86. The van der Waals surface area contributed by atoms with Crippen LogP contribution >= 0.6 is 0 Å². The second-order valence-electron chi connectivity index (χ2n) is 7.86. The Balaban J connectivity index is 1.44. The molecule has 5 rings (SSSR count). The first-order chi connectivity index (χ1) is 16.2. The standard InChI is InChI=1S/C25H23N5O3/c31-30(32)24-15-20(7-9-22(24)26-16-18-4-2-1-3-5-18)19-6-8-21-23(14-19)28-25(17-27-21)29-10-12-33-13-11-29/h1-9,14-15,17,26H,10-13,16H2. The molecule has 0 amide bonds. The summed E-state index contributed by atoms with van der Waals surface area (Å²) >= 11 is 0. The van der Waals surface area contributed by atoms with E-state index in [9.17, 15) is 10.1 Å². The maximum atomic E-state index is 11.8. The molecule has 0 saturated carbocycles. The van der Waals surface area contributed by atoms with Crippen molar-refractivity contribution < 1.29 is 9.66 Å². The minimum Gasteiger partial charge on any atom is -0.378 e. The Hall–Kier alpha value is -4.04. The van der Waals surface area contributed by atoms with Gasteiger partial charge in [0.2, 0.25) is 0 Å². The largest absolute Gasteiger partial charge is 0.378 e. The van der Waals surface area contributed by atoms with E-state index in [0.29, 0.717) is 25.4 Å². The van der Waals surface area contributed by atoms with E-state index in [4.69, 9.17) is 9.72 Å². The van der Waals surface area contributed by atoms with Crippen molar-refractivity contribution in [1.82, 2.24) is 9.97 Å². The van der Waals surface area contributed by atoms with Crippen molar-refractivity contribution in [3.63, 3.8) is 0 Å². The number of morpholine rings is 1. The van der Waals surface area contributed by atoms with Gasteiger partial charge in [0.25, 0.3) is 5.69 Å². The highest BCUT2D eigenvalue weighted by Crippen LogP contribution is 2.32. The zero-order valence-electron chi connectivity index (χ0n) is 18.0. The lowest BCUT2D eigenvalue weighted by Crippen LogP contribution is -2.36. The van der Waals surface area contributed by atoms with Gasteiger partial charge in [-0.1, -0.05) is 42.5 Å². The fraction of sp³-hybridized carbons (Fsp3) is 0.200. The van der Waals surface area contributed by atoms with E-state index in [-0.39, 0.29) is 10.6 Å². The third-order valence-corrected chi connectivity index (χ3v) is 5.72. The van der Waals surface area contributed by atoms with E-state index < -0.39 is 0 Å². The third-order valence-electron chi connectivity index (χ3n) is 5.72. The summed E-state index contributed by atoms with van der Waals surface area (Å²) in [5.74, 6) is 0.814. The van der Waals surface area contributed by atoms with Gasteiger partial charge in [-0.15, -0.1) is 0 Å². The molecule has 0 bridgehead atoms. The first-order valence-corrected chi connectivity index (χ1v) is 10.8. The lowest BCUT2D eigenvalue weighted by molar-refractivity contribution is -0.383. The number of ether oxygens (including phenoxy) is 1. The maximum absolute atomic E-state index is 11.8. The van der Waals surface area contributed by atoms with Crippen LogP contribution < -0.4 is 10.2 Å². The summed E-state index contributed by atoms with van der Waals surface area (Å²) in [5.41, 5.74) is 4.73. The van der Waals surface area contributed by atoms with Crippen LogP contribution in [0, 0.1) is 10.1 Å². The van der Waals surface area contributed by atoms with E-state index in [1.54, 1.807) is 18.3 Å². The Morgan fingerprint density at radius 2 is 1.73 bits per heavy atom. The van der Waals surface area contributed by atoms with Crippen LogP contribution in [0.25, 0.3) is 22.2 Å². The van der Waals surface area contributed by atoms with E-state index in [1.807, 2.05) is 54.6 Å². The molecule has 2 heterocycles. The number of nitrogens with zero attached hydrogens (tertiary/aromatic N) is 4. The number of hydrogen-bond acceptors (Lipinski definition) is 7. The molecule has 0 radical (unpaired) electrons. The van der Waals surface area contributed by atoms with E-state index in [2.05, 4.69) is 15.2 Å². The normalized spacial score (nSPS) is 13.8. The van der Waals surface area contributed by atoms with Gasteiger partial charge in [-0.3, -0.25) is 15.1 Å². The van der Waals surface area contributed by atoms with Gasteiger partial charge < -0.3 is 15.0 Å². The van der Waals surface area contributed by atoms with Crippen LogP contribution in [0.1, 0.15) is 5.56 Å². The zero-order valence-corrected chi connectivity index (χ0v) is 18.0. The average Bonchev–Trinajstić information content (AvgIpc) is 2.88. The van der Waals surface area contributed by atoms with Crippen LogP contribution in [0.2, 0.25) is 0 Å². The molecule has 0 atom stereocenters. The Morgan fingerprint density at radius 3 is 2.52 bits per heavy atom. The number of nitro benzene ring substituents is 1. The lowest BCUT2D eigenvalue weighted by atomic mass is 10.0. The Kier molecular flexibility index (Phi) is 5.82. The van der Waals surface area contributed by atoms with Gasteiger partial charge in [0, 0.05) is 25.7 Å². The first kappa shape index (κ1) is 20.8. The fourth-order valence-electron chi connectivity index (χ4n) is 3.93. The van der Waals surface area contributed by atoms with E-state index >= 15 is 0 Å². The number of aromatic nitrogens is 2. The van der Waals surface area contributed by atoms with Gasteiger partial charge in [0.05, 0.1) is 35.4 Å². The minimum atomic E-state index is -0.353. The van der Waals surface area contributed by atoms with Crippen LogP contribution in [-0.2, 0) is 11.3 Å². The highest BCUT2D eigenvalue weighted by Gasteiger charge is 2.17. The summed E-state index contributed by atoms with van der Waals surface area (Å²) in [6, 6.07) is 20.8. The number of benzene rings is 3. The Morgan fingerprint density at radius 1 is 0.970 bits per heavy atom. The van der Waals surface area contributed by atoms with Gasteiger partial charge in [-0.2, -0.15) is 0 Å². The second kappa shape index (κ2) is 9.22. The van der Waals surface area contributed by atoms with Crippen LogP contribution in [0.15, 0.2) is 72.9 Å². The molecule has 8 heteroatoms. The number of fused-ring (bicyclic) bond motifs is 1. The molecule has 0 aliphatic carbocycles. The van der Waals surface area contributed by atoms with Crippen molar-refractivity contribution in [2.75, 3.05) is 36.5 Å². The van der Waals surface area contributed by atoms with Gasteiger partial charge in [0.15, 0.2) is 0 Å². The number of anilines is 2. The van der Waals surface area contributed by atoms with Crippen molar-refractivity contribution in [1.29, 1.82) is 0 Å². The van der Waals surface area contributed by atoms with Crippen LogP contribution in [0.5, 0.6) is 0 Å². The van der Waals surface area contributed by atoms with E-state index in [0.717, 1.165) is 46.6 Å². The summed E-state index contributed by atoms with van der Waals surface area (Å²) in [4.78, 5) is 22.9. The molecule has 1 saturated heterocycles. The number of hydrogen-bond donors (Lipinski definition) is 1. The fourth-order valence-corrected chi connectivity index (χ4v) is 3.93.